The normalized spacial score (nSPS) is 43.5. The van der Waals surface area contributed by atoms with Crippen molar-refractivity contribution in [3.8, 4) is 0 Å². The van der Waals surface area contributed by atoms with E-state index in [4.69, 9.17) is 0 Å². The molecule has 14 heavy (non-hydrogen) atoms. The van der Waals surface area contributed by atoms with Gasteiger partial charge in [-0.05, 0) is 57.0 Å². The smallest absolute Gasteiger partial charge is 0.0120 e. The quantitative estimate of drug-likeness (QED) is 0.669. The molecule has 5 atom stereocenters. The second kappa shape index (κ2) is 3.84. The molecule has 0 aromatic carbocycles. The molecule has 0 spiro atoms. The lowest BCUT2D eigenvalue weighted by Crippen LogP contribution is -2.35. The fourth-order valence-corrected chi connectivity index (χ4v) is 3.61. The second-order valence-corrected chi connectivity index (χ2v) is 5.72. The van der Waals surface area contributed by atoms with Gasteiger partial charge in [0.25, 0.3) is 0 Å². The van der Waals surface area contributed by atoms with Crippen molar-refractivity contribution in [2.45, 2.75) is 45.6 Å². The van der Waals surface area contributed by atoms with E-state index in [1.54, 1.807) is 0 Å². The first kappa shape index (κ1) is 10.5. The molecule has 2 rings (SSSR count). The van der Waals surface area contributed by atoms with E-state index < -0.39 is 0 Å². The summed E-state index contributed by atoms with van der Waals surface area (Å²) in [4.78, 5) is 2.46. The van der Waals surface area contributed by atoms with E-state index in [1.165, 1.54) is 25.7 Å². The summed E-state index contributed by atoms with van der Waals surface area (Å²) in [6.45, 7) is 4.80. The van der Waals surface area contributed by atoms with Crippen LogP contribution in [0.15, 0.2) is 0 Å². The lowest BCUT2D eigenvalue weighted by molar-refractivity contribution is 0.150. The fraction of sp³-hybridized carbons (Fsp3) is 1.00. The van der Waals surface area contributed by atoms with Crippen LogP contribution in [0.25, 0.3) is 0 Å². The van der Waals surface area contributed by atoms with Gasteiger partial charge in [-0.3, -0.25) is 0 Å². The predicted molar refractivity (Wildman–Crippen MR) is 61.3 cm³/mol. The van der Waals surface area contributed by atoms with Crippen LogP contribution < -0.4 is 0 Å². The van der Waals surface area contributed by atoms with Crippen LogP contribution in [0.1, 0.15) is 39.5 Å². The van der Waals surface area contributed by atoms with Crippen LogP contribution in [0.4, 0.5) is 0 Å². The predicted octanol–water partition coefficient (Wildman–Crippen LogP) is 3.01. The Bertz CT molecular complexity index is 199. The SMILES string of the molecule is CC[C@@H](C)C1CC[C@H](N(C)C)[C@@H]2C[C@H]12. The van der Waals surface area contributed by atoms with Crippen LogP contribution in [0.3, 0.4) is 0 Å². The van der Waals surface area contributed by atoms with E-state index in [9.17, 15) is 0 Å². The Kier molecular flexibility index (Phi) is 2.88. The van der Waals surface area contributed by atoms with Gasteiger partial charge in [0.05, 0.1) is 0 Å². The third-order valence-electron chi connectivity index (χ3n) is 4.77. The molecular formula is C13H25N. The van der Waals surface area contributed by atoms with Crippen LogP contribution >= 0.6 is 0 Å². The molecule has 0 amide bonds. The van der Waals surface area contributed by atoms with Crippen LogP contribution in [-0.2, 0) is 0 Å². The molecular weight excluding hydrogens is 170 g/mol. The summed E-state index contributed by atoms with van der Waals surface area (Å²) in [5.74, 6) is 4.16. The first-order valence-electron chi connectivity index (χ1n) is 6.31. The number of fused-ring (bicyclic) bond motifs is 1. The first-order valence-corrected chi connectivity index (χ1v) is 6.31. The summed E-state index contributed by atoms with van der Waals surface area (Å²) in [6.07, 6.45) is 5.83. The second-order valence-electron chi connectivity index (χ2n) is 5.72. The highest BCUT2D eigenvalue weighted by Crippen LogP contribution is 2.56. The van der Waals surface area contributed by atoms with Gasteiger partial charge in [-0.2, -0.15) is 0 Å². The van der Waals surface area contributed by atoms with Gasteiger partial charge in [0, 0.05) is 6.04 Å². The molecule has 0 aromatic heterocycles. The van der Waals surface area contributed by atoms with Gasteiger partial charge in [0.1, 0.15) is 0 Å². The Hall–Kier alpha value is -0.0400. The van der Waals surface area contributed by atoms with Gasteiger partial charge >= 0.3 is 0 Å². The van der Waals surface area contributed by atoms with E-state index in [0.717, 1.165) is 29.7 Å². The van der Waals surface area contributed by atoms with Gasteiger partial charge < -0.3 is 4.90 Å². The van der Waals surface area contributed by atoms with Gasteiger partial charge in [0.2, 0.25) is 0 Å². The van der Waals surface area contributed by atoms with E-state index in [0.29, 0.717) is 0 Å². The maximum atomic E-state index is 2.46. The topological polar surface area (TPSA) is 3.24 Å². The Morgan fingerprint density at radius 1 is 1.21 bits per heavy atom. The lowest BCUT2D eigenvalue weighted by atomic mass is 9.77. The summed E-state index contributed by atoms with van der Waals surface area (Å²) in [7, 11) is 4.51. The summed E-state index contributed by atoms with van der Waals surface area (Å²) in [5, 5.41) is 0. The highest BCUT2D eigenvalue weighted by atomic mass is 15.1. The van der Waals surface area contributed by atoms with Crippen molar-refractivity contribution in [1.82, 2.24) is 4.90 Å². The molecule has 2 saturated carbocycles. The molecule has 1 unspecified atom stereocenters. The van der Waals surface area contributed by atoms with E-state index in [1.807, 2.05) is 0 Å². The first-order chi connectivity index (χ1) is 6.65. The van der Waals surface area contributed by atoms with Crippen molar-refractivity contribution in [3.05, 3.63) is 0 Å². The van der Waals surface area contributed by atoms with Crippen LogP contribution in [-0.4, -0.2) is 25.0 Å². The molecule has 0 N–H and O–H groups in total. The van der Waals surface area contributed by atoms with Gasteiger partial charge in [-0.25, -0.2) is 0 Å². The average Bonchev–Trinajstić information content (AvgIpc) is 2.93. The molecule has 0 aromatic rings. The van der Waals surface area contributed by atoms with Crippen LogP contribution in [0.5, 0.6) is 0 Å². The maximum absolute atomic E-state index is 2.46. The Morgan fingerprint density at radius 2 is 1.93 bits per heavy atom. The monoisotopic (exact) mass is 195 g/mol. The zero-order valence-electron chi connectivity index (χ0n) is 10.2. The minimum Gasteiger partial charge on any atom is -0.306 e. The Morgan fingerprint density at radius 3 is 2.50 bits per heavy atom. The van der Waals surface area contributed by atoms with Gasteiger partial charge in [-0.1, -0.05) is 20.3 Å². The third-order valence-corrected chi connectivity index (χ3v) is 4.77. The molecule has 0 heterocycles. The highest BCUT2D eigenvalue weighted by Gasteiger charge is 2.51. The maximum Gasteiger partial charge on any atom is 0.0120 e. The van der Waals surface area contributed by atoms with Crippen molar-refractivity contribution < 1.29 is 0 Å². The highest BCUT2D eigenvalue weighted by molar-refractivity contribution is 5.03. The summed E-state index contributed by atoms with van der Waals surface area (Å²) in [6, 6.07) is 0.903. The van der Waals surface area contributed by atoms with Crippen molar-refractivity contribution in [1.29, 1.82) is 0 Å². The summed E-state index contributed by atoms with van der Waals surface area (Å²) >= 11 is 0. The largest absolute Gasteiger partial charge is 0.306 e. The van der Waals surface area contributed by atoms with Crippen molar-refractivity contribution in [3.63, 3.8) is 0 Å². The number of nitrogens with zero attached hydrogens (tertiary/aromatic N) is 1. The van der Waals surface area contributed by atoms with Crippen molar-refractivity contribution >= 4 is 0 Å². The van der Waals surface area contributed by atoms with Gasteiger partial charge in [-0.15, -0.1) is 0 Å². The standard InChI is InChI=1S/C13H25N/c1-5-9(2)10-6-7-13(14(3)4)12-8-11(10)12/h9-13H,5-8H2,1-4H3/t9-,10?,11-,12-,13+/m1/s1. The molecule has 0 bridgehead atoms. The third kappa shape index (κ3) is 1.71. The van der Waals surface area contributed by atoms with Crippen molar-refractivity contribution in [2.75, 3.05) is 14.1 Å². The Labute approximate surface area is 88.9 Å². The molecule has 0 aliphatic heterocycles. The summed E-state index contributed by atoms with van der Waals surface area (Å²) in [5.41, 5.74) is 0. The lowest BCUT2D eigenvalue weighted by Gasteiger charge is -2.34. The van der Waals surface area contributed by atoms with Gasteiger partial charge in [0.15, 0.2) is 0 Å². The van der Waals surface area contributed by atoms with Crippen LogP contribution in [0, 0.1) is 23.7 Å². The van der Waals surface area contributed by atoms with E-state index >= 15 is 0 Å². The zero-order chi connectivity index (χ0) is 10.3. The van der Waals surface area contributed by atoms with E-state index in [-0.39, 0.29) is 0 Å². The molecule has 1 nitrogen and oxygen atoms in total. The zero-order valence-corrected chi connectivity index (χ0v) is 10.2. The molecule has 1 heteroatoms. The van der Waals surface area contributed by atoms with Crippen LogP contribution in [0.2, 0.25) is 0 Å². The molecule has 0 saturated heterocycles. The van der Waals surface area contributed by atoms with E-state index in [2.05, 4.69) is 32.8 Å². The minimum atomic E-state index is 0.903. The number of hydrogen-bond donors (Lipinski definition) is 0. The average molecular weight is 195 g/mol. The fourth-order valence-electron chi connectivity index (χ4n) is 3.61. The molecule has 2 aliphatic carbocycles. The molecule has 82 valence electrons. The molecule has 0 radical (unpaired) electrons. The molecule has 2 fully saturated rings. The Balaban J connectivity index is 1.93. The number of hydrogen-bond acceptors (Lipinski definition) is 1. The summed E-state index contributed by atoms with van der Waals surface area (Å²) < 4.78 is 0. The number of rotatable bonds is 3. The molecule has 2 aliphatic rings. The van der Waals surface area contributed by atoms with Crippen molar-refractivity contribution in [2.24, 2.45) is 23.7 Å². The minimum absolute atomic E-state index is 0.903.